The van der Waals surface area contributed by atoms with Gasteiger partial charge in [0.2, 0.25) is 10.0 Å². The molecule has 0 spiro atoms. The highest BCUT2D eigenvalue weighted by molar-refractivity contribution is 7.89. The summed E-state index contributed by atoms with van der Waals surface area (Å²) in [6.45, 7) is 0.975. The van der Waals surface area contributed by atoms with Gasteiger partial charge in [0.15, 0.2) is 0 Å². The van der Waals surface area contributed by atoms with Gasteiger partial charge in [-0.25, -0.2) is 18.1 Å². The predicted molar refractivity (Wildman–Crippen MR) is 75.1 cm³/mol. The van der Waals surface area contributed by atoms with Crippen molar-refractivity contribution in [2.45, 2.75) is 17.7 Å². The van der Waals surface area contributed by atoms with Gasteiger partial charge in [-0.2, -0.15) is 0 Å². The van der Waals surface area contributed by atoms with E-state index in [9.17, 15) is 8.42 Å². The summed E-state index contributed by atoms with van der Waals surface area (Å²) in [6, 6.07) is 1.37. The highest BCUT2D eigenvalue weighted by Crippen LogP contribution is 2.21. The molecule has 0 aromatic carbocycles. The maximum Gasteiger partial charge on any atom is 0.242 e. The molecule has 2 N–H and O–H groups in total. The Balaban J connectivity index is 2.64. The lowest BCUT2D eigenvalue weighted by molar-refractivity contribution is 0.193. The van der Waals surface area contributed by atoms with Crippen molar-refractivity contribution in [3.05, 3.63) is 17.3 Å². The van der Waals surface area contributed by atoms with Crippen LogP contribution in [0.3, 0.4) is 0 Å². The Morgan fingerprint density at radius 3 is 2.74 bits per heavy atom. The van der Waals surface area contributed by atoms with Gasteiger partial charge in [0.1, 0.15) is 10.7 Å². The number of rotatable bonds is 8. The summed E-state index contributed by atoms with van der Waals surface area (Å²) in [7, 11) is -0.285. The Hall–Kier alpha value is -0.890. The van der Waals surface area contributed by atoms with Gasteiger partial charge in [-0.3, -0.25) is 0 Å². The first-order valence-corrected chi connectivity index (χ1v) is 7.69. The Kier molecular flexibility index (Phi) is 6.50. The normalized spacial score (nSPS) is 11.5. The Morgan fingerprint density at radius 2 is 2.16 bits per heavy atom. The van der Waals surface area contributed by atoms with E-state index in [2.05, 4.69) is 15.0 Å². The second-order valence-electron chi connectivity index (χ2n) is 3.85. The van der Waals surface area contributed by atoms with Gasteiger partial charge >= 0.3 is 0 Å². The molecule has 108 valence electrons. The minimum Gasteiger partial charge on any atom is -0.385 e. The minimum atomic E-state index is -3.56. The molecule has 0 amide bonds. The van der Waals surface area contributed by atoms with E-state index in [1.807, 2.05) is 0 Å². The summed E-state index contributed by atoms with van der Waals surface area (Å²) < 4.78 is 31.3. The number of nitrogens with zero attached hydrogens (tertiary/aromatic N) is 1. The molecule has 1 rings (SSSR count). The van der Waals surface area contributed by atoms with E-state index in [0.29, 0.717) is 25.4 Å². The van der Waals surface area contributed by atoms with Crippen LogP contribution in [0.15, 0.2) is 17.2 Å². The smallest absolute Gasteiger partial charge is 0.242 e. The van der Waals surface area contributed by atoms with E-state index in [1.54, 1.807) is 14.2 Å². The summed E-state index contributed by atoms with van der Waals surface area (Å²) >= 11 is 5.90. The van der Waals surface area contributed by atoms with Crippen molar-refractivity contribution >= 4 is 27.4 Å². The van der Waals surface area contributed by atoms with Crippen LogP contribution >= 0.6 is 11.6 Å². The summed E-state index contributed by atoms with van der Waals surface area (Å²) in [4.78, 5) is 4.00. The molecule has 0 unspecified atom stereocenters. The molecule has 0 aliphatic carbocycles. The molecule has 19 heavy (non-hydrogen) atoms. The Morgan fingerprint density at radius 1 is 1.42 bits per heavy atom. The molecule has 0 saturated heterocycles. The average molecular weight is 308 g/mol. The van der Waals surface area contributed by atoms with Crippen molar-refractivity contribution in [3.8, 4) is 0 Å². The second kappa shape index (κ2) is 7.64. The van der Waals surface area contributed by atoms with Crippen molar-refractivity contribution < 1.29 is 13.2 Å². The lowest BCUT2D eigenvalue weighted by Crippen LogP contribution is -2.25. The number of anilines is 1. The van der Waals surface area contributed by atoms with Gasteiger partial charge in [-0.1, -0.05) is 11.6 Å². The van der Waals surface area contributed by atoms with Crippen LogP contribution in [0.1, 0.15) is 12.8 Å². The first-order valence-electron chi connectivity index (χ1n) is 5.83. The summed E-state index contributed by atoms with van der Waals surface area (Å²) in [5.74, 6) is 0.445. The van der Waals surface area contributed by atoms with Gasteiger partial charge in [0.25, 0.3) is 0 Å². The van der Waals surface area contributed by atoms with Crippen LogP contribution < -0.4 is 10.0 Å². The van der Waals surface area contributed by atoms with Crippen LogP contribution in [0, 0.1) is 0 Å². The Bertz CT molecular complexity index is 508. The maximum atomic E-state index is 12.0. The van der Waals surface area contributed by atoms with Crippen LogP contribution in [0.25, 0.3) is 0 Å². The van der Waals surface area contributed by atoms with Gasteiger partial charge in [0, 0.05) is 33.5 Å². The number of pyridine rings is 1. The van der Waals surface area contributed by atoms with Crippen LogP contribution in [0.2, 0.25) is 5.02 Å². The number of methoxy groups -OCH3 is 1. The van der Waals surface area contributed by atoms with Gasteiger partial charge in [0.05, 0.1) is 5.02 Å². The van der Waals surface area contributed by atoms with E-state index in [0.717, 1.165) is 6.42 Å². The van der Waals surface area contributed by atoms with Crippen LogP contribution in [0.5, 0.6) is 0 Å². The lowest BCUT2D eigenvalue weighted by atomic mass is 10.3. The van der Waals surface area contributed by atoms with Crippen LogP contribution in [-0.4, -0.2) is 40.7 Å². The zero-order valence-electron chi connectivity index (χ0n) is 10.9. The standard InChI is InChI=1S/C11H18ClN3O3S/c1-13-11-10(12)7-9(8-14-11)19(16,17)15-5-3-4-6-18-2/h7-8,15H,3-6H2,1-2H3,(H,13,14). The van der Waals surface area contributed by atoms with Crippen molar-refractivity contribution in [2.75, 3.05) is 32.6 Å². The number of unbranched alkanes of at least 4 members (excludes halogenated alkanes) is 1. The molecular formula is C11H18ClN3O3S. The van der Waals surface area contributed by atoms with E-state index < -0.39 is 10.0 Å². The topological polar surface area (TPSA) is 80.3 Å². The highest BCUT2D eigenvalue weighted by Gasteiger charge is 2.15. The van der Waals surface area contributed by atoms with Crippen molar-refractivity contribution in [2.24, 2.45) is 0 Å². The molecule has 0 bridgehead atoms. The SMILES string of the molecule is CNc1ncc(S(=O)(=O)NCCCCOC)cc1Cl. The van der Waals surface area contributed by atoms with Crippen molar-refractivity contribution in [3.63, 3.8) is 0 Å². The molecule has 0 aliphatic rings. The number of sulfonamides is 1. The third kappa shape index (κ3) is 4.94. The molecule has 0 atom stereocenters. The third-order valence-corrected chi connectivity index (χ3v) is 4.15. The minimum absolute atomic E-state index is 0.0586. The molecular weight excluding hydrogens is 290 g/mol. The van der Waals surface area contributed by atoms with Gasteiger partial charge in [-0.15, -0.1) is 0 Å². The van der Waals surface area contributed by atoms with Gasteiger partial charge < -0.3 is 10.1 Å². The molecule has 1 aromatic rings. The highest BCUT2D eigenvalue weighted by atomic mass is 35.5. The van der Waals surface area contributed by atoms with Crippen molar-refractivity contribution in [1.82, 2.24) is 9.71 Å². The molecule has 0 aliphatic heterocycles. The largest absolute Gasteiger partial charge is 0.385 e. The van der Waals surface area contributed by atoms with Crippen LogP contribution in [0.4, 0.5) is 5.82 Å². The lowest BCUT2D eigenvalue weighted by Gasteiger charge is -2.08. The number of aromatic nitrogens is 1. The zero-order valence-corrected chi connectivity index (χ0v) is 12.5. The number of hydrogen-bond donors (Lipinski definition) is 2. The quantitative estimate of drug-likeness (QED) is 0.711. The number of halogens is 1. The fourth-order valence-electron chi connectivity index (χ4n) is 1.41. The predicted octanol–water partition coefficient (Wildman–Crippen LogP) is 1.48. The molecule has 0 radical (unpaired) electrons. The summed E-state index contributed by atoms with van der Waals surface area (Å²) in [6.07, 6.45) is 2.79. The van der Waals surface area contributed by atoms with E-state index in [4.69, 9.17) is 16.3 Å². The first kappa shape index (κ1) is 16.2. The molecule has 0 saturated carbocycles. The molecule has 1 heterocycles. The fraction of sp³-hybridized carbons (Fsp3) is 0.545. The molecule has 6 nitrogen and oxygen atoms in total. The van der Waals surface area contributed by atoms with E-state index in [-0.39, 0.29) is 9.92 Å². The summed E-state index contributed by atoms with van der Waals surface area (Å²) in [5, 5.41) is 3.04. The van der Waals surface area contributed by atoms with Crippen molar-refractivity contribution in [1.29, 1.82) is 0 Å². The fourth-order valence-corrected chi connectivity index (χ4v) is 2.78. The molecule has 1 aromatic heterocycles. The van der Waals surface area contributed by atoms with E-state index >= 15 is 0 Å². The van der Waals surface area contributed by atoms with Gasteiger partial charge in [-0.05, 0) is 18.9 Å². The summed E-state index contributed by atoms with van der Waals surface area (Å²) in [5.41, 5.74) is 0. The number of hydrogen-bond acceptors (Lipinski definition) is 5. The molecule has 8 heteroatoms. The number of nitrogens with one attached hydrogen (secondary N) is 2. The third-order valence-electron chi connectivity index (χ3n) is 2.43. The zero-order chi connectivity index (χ0) is 14.3. The average Bonchev–Trinajstić information content (AvgIpc) is 2.38. The van der Waals surface area contributed by atoms with Crippen LogP contribution in [-0.2, 0) is 14.8 Å². The van der Waals surface area contributed by atoms with E-state index in [1.165, 1.54) is 12.3 Å². The number of ether oxygens (including phenoxy) is 1. The first-order chi connectivity index (χ1) is 9.01. The monoisotopic (exact) mass is 307 g/mol. The second-order valence-corrected chi connectivity index (χ2v) is 6.02. The Labute approximate surface area is 118 Å². The maximum absolute atomic E-state index is 12.0. The molecule has 0 fully saturated rings.